The Bertz CT molecular complexity index is 3310. The van der Waals surface area contributed by atoms with Gasteiger partial charge in [-0.15, -0.1) is 0 Å². The van der Waals surface area contributed by atoms with Crippen molar-refractivity contribution in [1.82, 2.24) is 4.57 Å². The zero-order chi connectivity index (χ0) is 39.2. The smallest absolute Gasteiger partial charge is 0.0602 e. The average molecular weight is 774 g/mol. The summed E-state index contributed by atoms with van der Waals surface area (Å²) in [6.07, 6.45) is 0. The molecule has 2 aliphatic rings. The Hall–Kier alpha value is -7.01. The van der Waals surface area contributed by atoms with Crippen LogP contribution in [-0.2, 0) is 5.41 Å². The molecule has 0 bridgehead atoms. The average Bonchev–Trinajstić information content (AvgIpc) is 3.62. The van der Waals surface area contributed by atoms with Gasteiger partial charge < -0.3 is 14.4 Å². The lowest BCUT2D eigenvalue weighted by Crippen LogP contribution is -2.30. The number of hydrogen-bond donors (Lipinski definition) is 0. The highest BCUT2D eigenvalue weighted by atomic mass is 32.2. The molecule has 9 aromatic carbocycles. The third-order valence-corrected chi connectivity index (χ3v) is 13.6. The molecule has 0 spiro atoms. The number of fused-ring (bicyclic) bond motifs is 8. The van der Waals surface area contributed by atoms with Crippen molar-refractivity contribution in [3.63, 3.8) is 0 Å². The summed E-state index contributed by atoms with van der Waals surface area (Å²) in [5.74, 6) is 0. The third-order valence-electron chi connectivity index (χ3n) is 12.5. The maximum Gasteiger partial charge on any atom is 0.0602 e. The van der Waals surface area contributed by atoms with Crippen molar-refractivity contribution < 1.29 is 0 Å². The van der Waals surface area contributed by atoms with E-state index in [-0.39, 0.29) is 5.41 Å². The first-order valence-electron chi connectivity index (χ1n) is 20.3. The second-order valence-electron chi connectivity index (χ2n) is 16.2. The van der Waals surface area contributed by atoms with E-state index in [1.165, 1.54) is 104 Å². The molecule has 59 heavy (non-hydrogen) atoms. The molecule has 0 aliphatic carbocycles. The Morgan fingerprint density at radius 1 is 0.373 bits per heavy atom. The van der Waals surface area contributed by atoms with Crippen LogP contribution in [0, 0.1) is 0 Å². The number of hydrogen-bond acceptors (Lipinski definition) is 3. The van der Waals surface area contributed by atoms with Gasteiger partial charge in [0.1, 0.15) is 0 Å². The van der Waals surface area contributed by atoms with Gasteiger partial charge in [0.15, 0.2) is 0 Å². The van der Waals surface area contributed by atoms with Crippen LogP contribution < -0.4 is 9.80 Å². The first-order chi connectivity index (χ1) is 29.0. The van der Waals surface area contributed by atoms with E-state index in [0.29, 0.717) is 0 Å². The van der Waals surface area contributed by atoms with E-state index < -0.39 is 0 Å². The van der Waals surface area contributed by atoms with E-state index in [1.807, 2.05) is 11.8 Å². The highest BCUT2D eigenvalue weighted by Crippen LogP contribution is 2.54. The van der Waals surface area contributed by atoms with Gasteiger partial charge in [-0.25, -0.2) is 0 Å². The standard InChI is InChI=1S/C55H39N3S/c1-55(2)45-19-9-11-21-49(45)56(40-16-4-3-5-17-40)50-31-28-42(35-46(50)55)57-47-20-10-8-18-43(47)44-33-38(25-29-48(44)57)39-26-30-52-54(34-39)59-53-23-13-12-22-51(53)58(52)41-27-24-36-14-6-7-15-37(36)32-41/h3-35H,1-2H3. The van der Waals surface area contributed by atoms with Crippen LogP contribution in [-0.4, -0.2) is 4.57 Å². The number of nitrogens with zero attached hydrogens (tertiary/aromatic N) is 3. The lowest BCUT2D eigenvalue weighted by Gasteiger charge is -2.42. The SMILES string of the molecule is CC1(C)c2ccccc2N(c2ccccc2)c2ccc(-n3c4ccccc4c4cc(-c5ccc6c(c5)Sc5ccccc5N6c5ccc6ccccc6c5)ccc43)cc21. The van der Waals surface area contributed by atoms with Crippen LogP contribution in [0.25, 0.3) is 49.4 Å². The molecule has 0 fully saturated rings. The van der Waals surface area contributed by atoms with Gasteiger partial charge in [0.2, 0.25) is 0 Å². The van der Waals surface area contributed by atoms with Crippen molar-refractivity contribution in [2.24, 2.45) is 0 Å². The molecule has 0 atom stereocenters. The normalized spacial score (nSPS) is 13.9. The van der Waals surface area contributed by atoms with E-state index in [4.69, 9.17) is 0 Å². The minimum Gasteiger partial charge on any atom is -0.310 e. The van der Waals surface area contributed by atoms with E-state index in [1.54, 1.807) is 0 Å². The predicted molar refractivity (Wildman–Crippen MR) is 249 cm³/mol. The highest BCUT2D eigenvalue weighted by Gasteiger charge is 2.37. The van der Waals surface area contributed by atoms with Gasteiger partial charge in [0.25, 0.3) is 0 Å². The molecule has 0 amide bonds. The lowest BCUT2D eigenvalue weighted by atomic mass is 9.73. The van der Waals surface area contributed by atoms with Gasteiger partial charge in [-0.2, -0.15) is 0 Å². The van der Waals surface area contributed by atoms with E-state index in [9.17, 15) is 0 Å². The van der Waals surface area contributed by atoms with E-state index in [2.05, 4.69) is 228 Å². The summed E-state index contributed by atoms with van der Waals surface area (Å²) >= 11 is 1.86. The molecule has 10 aromatic rings. The molecule has 0 radical (unpaired) electrons. The fourth-order valence-electron chi connectivity index (χ4n) is 9.65. The van der Waals surface area contributed by atoms with Gasteiger partial charge in [-0.3, -0.25) is 0 Å². The van der Waals surface area contributed by atoms with Crippen molar-refractivity contribution in [3.05, 3.63) is 211 Å². The van der Waals surface area contributed by atoms with Crippen LogP contribution in [0.3, 0.4) is 0 Å². The summed E-state index contributed by atoms with van der Waals surface area (Å²) in [5.41, 5.74) is 15.6. The number of anilines is 6. The van der Waals surface area contributed by atoms with Gasteiger partial charge in [-0.1, -0.05) is 135 Å². The molecule has 280 valence electrons. The van der Waals surface area contributed by atoms with Crippen LogP contribution in [0.1, 0.15) is 25.0 Å². The first kappa shape index (κ1) is 34.1. The van der Waals surface area contributed by atoms with Crippen molar-refractivity contribution in [1.29, 1.82) is 0 Å². The molecule has 3 heterocycles. The molecule has 4 heteroatoms. The van der Waals surface area contributed by atoms with Gasteiger partial charge >= 0.3 is 0 Å². The van der Waals surface area contributed by atoms with Crippen LogP contribution >= 0.6 is 11.8 Å². The van der Waals surface area contributed by atoms with Crippen molar-refractivity contribution in [2.45, 2.75) is 29.1 Å². The van der Waals surface area contributed by atoms with Crippen LogP contribution in [0.4, 0.5) is 34.1 Å². The lowest BCUT2D eigenvalue weighted by molar-refractivity contribution is 0.631. The fourth-order valence-corrected chi connectivity index (χ4v) is 10.7. The minimum absolute atomic E-state index is 0.200. The zero-order valence-electron chi connectivity index (χ0n) is 32.8. The maximum atomic E-state index is 2.46. The molecular weight excluding hydrogens is 735 g/mol. The molecule has 12 rings (SSSR count). The molecule has 0 saturated carbocycles. The fraction of sp³-hybridized carbons (Fsp3) is 0.0545. The topological polar surface area (TPSA) is 11.4 Å². The number of para-hydroxylation sites is 4. The van der Waals surface area contributed by atoms with E-state index >= 15 is 0 Å². The highest BCUT2D eigenvalue weighted by molar-refractivity contribution is 7.99. The number of rotatable bonds is 4. The molecule has 0 N–H and O–H groups in total. The van der Waals surface area contributed by atoms with Gasteiger partial charge in [0, 0.05) is 43.0 Å². The Labute approximate surface area is 348 Å². The first-order valence-corrected chi connectivity index (χ1v) is 21.2. The van der Waals surface area contributed by atoms with E-state index in [0.717, 1.165) is 0 Å². The summed E-state index contributed by atoms with van der Waals surface area (Å²) < 4.78 is 2.46. The molecule has 3 nitrogen and oxygen atoms in total. The summed E-state index contributed by atoms with van der Waals surface area (Å²) in [6.45, 7) is 4.73. The Morgan fingerprint density at radius 3 is 1.90 bits per heavy atom. The monoisotopic (exact) mass is 773 g/mol. The second-order valence-corrected chi connectivity index (χ2v) is 17.3. The number of aromatic nitrogens is 1. The molecular formula is C55H39N3S. The third kappa shape index (κ3) is 5.23. The van der Waals surface area contributed by atoms with Crippen molar-refractivity contribution in [2.75, 3.05) is 9.80 Å². The quantitative estimate of drug-likeness (QED) is 0.177. The van der Waals surface area contributed by atoms with Gasteiger partial charge in [-0.05, 0) is 124 Å². The minimum atomic E-state index is -0.200. The molecule has 2 aliphatic heterocycles. The Kier molecular flexibility index (Phi) is 7.51. The van der Waals surface area contributed by atoms with Gasteiger partial charge in [0.05, 0.1) is 33.8 Å². The molecule has 1 aromatic heterocycles. The summed E-state index contributed by atoms with van der Waals surface area (Å²) in [4.78, 5) is 7.35. The summed E-state index contributed by atoms with van der Waals surface area (Å²) in [6, 6.07) is 73.7. The maximum absolute atomic E-state index is 2.46. The second kappa shape index (κ2) is 13.0. The Morgan fingerprint density at radius 2 is 1.00 bits per heavy atom. The van der Waals surface area contributed by atoms with Crippen molar-refractivity contribution in [3.8, 4) is 16.8 Å². The molecule has 0 unspecified atom stereocenters. The summed E-state index contributed by atoms with van der Waals surface area (Å²) in [5, 5.41) is 4.99. The number of benzene rings is 9. The van der Waals surface area contributed by atoms with Crippen LogP contribution in [0.2, 0.25) is 0 Å². The molecule has 0 saturated heterocycles. The predicted octanol–water partition coefficient (Wildman–Crippen LogP) is 15.6. The summed E-state index contributed by atoms with van der Waals surface area (Å²) in [7, 11) is 0. The van der Waals surface area contributed by atoms with Crippen molar-refractivity contribution >= 4 is 78.5 Å². The Balaban J connectivity index is 0.981. The van der Waals surface area contributed by atoms with Crippen LogP contribution in [0.15, 0.2) is 210 Å². The zero-order valence-corrected chi connectivity index (χ0v) is 33.6. The largest absolute Gasteiger partial charge is 0.310 e. The van der Waals surface area contributed by atoms with Crippen LogP contribution in [0.5, 0.6) is 0 Å².